The fourth-order valence-electron chi connectivity index (χ4n) is 2.68. The number of rotatable bonds is 4. The van der Waals surface area contributed by atoms with E-state index in [1.165, 1.54) is 0 Å². The number of nitrogens with two attached hydrogens (primary N) is 1. The van der Waals surface area contributed by atoms with Crippen molar-refractivity contribution in [1.29, 1.82) is 0 Å². The lowest BCUT2D eigenvalue weighted by Crippen LogP contribution is -2.52. The van der Waals surface area contributed by atoms with Crippen LogP contribution in [0.25, 0.3) is 0 Å². The van der Waals surface area contributed by atoms with Crippen LogP contribution in [0, 0.1) is 0 Å². The quantitative estimate of drug-likeness (QED) is 0.873. The van der Waals surface area contributed by atoms with E-state index in [9.17, 15) is 4.79 Å². The Morgan fingerprint density at radius 1 is 1.37 bits per heavy atom. The van der Waals surface area contributed by atoms with E-state index in [1.807, 2.05) is 31.2 Å². The van der Waals surface area contributed by atoms with Crippen molar-refractivity contribution in [3.8, 4) is 5.75 Å². The van der Waals surface area contributed by atoms with E-state index >= 15 is 0 Å². The molecule has 0 saturated heterocycles. The normalized spacial score (nSPS) is 18.9. The van der Waals surface area contributed by atoms with Gasteiger partial charge in [-0.15, -0.1) is 0 Å². The number of carbonyl (C=O) groups excluding carboxylic acids is 1. The van der Waals surface area contributed by atoms with Crippen LogP contribution in [0.5, 0.6) is 5.75 Å². The van der Waals surface area contributed by atoms with Crippen molar-refractivity contribution in [1.82, 2.24) is 5.32 Å². The number of amides is 1. The van der Waals surface area contributed by atoms with Gasteiger partial charge in [0.25, 0.3) is 0 Å². The fourth-order valence-corrected chi connectivity index (χ4v) is 2.68. The van der Waals surface area contributed by atoms with Gasteiger partial charge < -0.3 is 15.8 Å². The predicted molar refractivity (Wildman–Crippen MR) is 74.9 cm³/mol. The summed E-state index contributed by atoms with van der Waals surface area (Å²) in [5.74, 6) is 0.733. The summed E-state index contributed by atoms with van der Waals surface area (Å²) in [6.07, 6.45) is 3.62. The maximum absolute atomic E-state index is 12.3. The van der Waals surface area contributed by atoms with Crippen LogP contribution in [0.4, 0.5) is 0 Å². The summed E-state index contributed by atoms with van der Waals surface area (Å²) in [6.45, 7) is 1.95. The first-order valence-corrected chi connectivity index (χ1v) is 6.79. The van der Waals surface area contributed by atoms with Crippen molar-refractivity contribution in [3.63, 3.8) is 0 Å². The second kappa shape index (κ2) is 5.61. The van der Waals surface area contributed by atoms with Crippen molar-refractivity contribution < 1.29 is 9.53 Å². The van der Waals surface area contributed by atoms with Crippen LogP contribution < -0.4 is 15.8 Å². The highest BCUT2D eigenvalue weighted by Gasteiger charge is 2.37. The minimum Gasteiger partial charge on any atom is -0.496 e. The Bertz CT molecular complexity index is 453. The summed E-state index contributed by atoms with van der Waals surface area (Å²) in [5, 5.41) is 3.01. The molecule has 1 unspecified atom stereocenters. The van der Waals surface area contributed by atoms with Crippen LogP contribution in [-0.4, -0.2) is 18.6 Å². The molecule has 19 heavy (non-hydrogen) atoms. The molecule has 1 aromatic carbocycles. The maximum atomic E-state index is 12.3. The van der Waals surface area contributed by atoms with Gasteiger partial charge in [-0.25, -0.2) is 0 Å². The molecule has 1 fully saturated rings. The van der Waals surface area contributed by atoms with Gasteiger partial charge in [0.15, 0.2) is 0 Å². The van der Waals surface area contributed by atoms with E-state index < -0.39 is 5.54 Å². The van der Waals surface area contributed by atoms with Gasteiger partial charge in [0.05, 0.1) is 18.7 Å². The topological polar surface area (TPSA) is 64.3 Å². The molecule has 4 nitrogen and oxygen atoms in total. The lowest BCUT2D eigenvalue weighted by molar-refractivity contribution is -0.126. The molecular formula is C15H22N2O2. The van der Waals surface area contributed by atoms with Crippen molar-refractivity contribution in [2.45, 2.75) is 44.2 Å². The molecule has 104 valence electrons. The molecule has 0 bridgehead atoms. The largest absolute Gasteiger partial charge is 0.496 e. The average Bonchev–Trinajstić information content (AvgIpc) is 2.87. The number of benzene rings is 1. The molecule has 1 aliphatic rings. The Morgan fingerprint density at radius 3 is 2.63 bits per heavy atom. The molecule has 1 aliphatic carbocycles. The van der Waals surface area contributed by atoms with Crippen LogP contribution in [-0.2, 0) is 4.79 Å². The third kappa shape index (κ3) is 2.89. The third-order valence-corrected chi connectivity index (χ3v) is 3.90. The minimum atomic E-state index is -0.684. The molecule has 0 heterocycles. The first kappa shape index (κ1) is 13.9. The summed E-state index contributed by atoms with van der Waals surface area (Å²) in [4.78, 5) is 12.3. The Labute approximate surface area is 114 Å². The van der Waals surface area contributed by atoms with Gasteiger partial charge in [0.1, 0.15) is 5.75 Å². The van der Waals surface area contributed by atoms with Crippen LogP contribution in [0.15, 0.2) is 24.3 Å². The predicted octanol–water partition coefficient (Wildman–Crippen LogP) is 2.14. The number of hydrogen-bond donors (Lipinski definition) is 2. The van der Waals surface area contributed by atoms with Gasteiger partial charge in [-0.3, -0.25) is 4.79 Å². The second-order valence-electron chi connectivity index (χ2n) is 5.30. The lowest BCUT2D eigenvalue weighted by atomic mass is 9.97. The minimum absolute atomic E-state index is 0.0524. The van der Waals surface area contributed by atoms with Crippen molar-refractivity contribution in [2.75, 3.05) is 7.11 Å². The Balaban J connectivity index is 2.08. The highest BCUT2D eigenvalue weighted by Crippen LogP contribution is 2.29. The number of ether oxygens (including phenoxy) is 1. The van der Waals surface area contributed by atoms with Crippen LogP contribution in [0.3, 0.4) is 0 Å². The Morgan fingerprint density at radius 2 is 2.00 bits per heavy atom. The van der Waals surface area contributed by atoms with Crippen LogP contribution in [0.2, 0.25) is 0 Å². The highest BCUT2D eigenvalue weighted by atomic mass is 16.5. The van der Waals surface area contributed by atoms with Gasteiger partial charge in [-0.05, 0) is 25.8 Å². The zero-order valence-corrected chi connectivity index (χ0v) is 11.6. The molecule has 0 spiro atoms. The molecule has 0 aromatic heterocycles. The van der Waals surface area contributed by atoms with E-state index in [1.54, 1.807) is 7.11 Å². The fraction of sp³-hybridized carbons (Fsp3) is 0.533. The molecule has 3 N–H and O–H groups in total. The zero-order valence-electron chi connectivity index (χ0n) is 11.6. The third-order valence-electron chi connectivity index (χ3n) is 3.90. The number of hydrogen-bond acceptors (Lipinski definition) is 3. The number of carbonyl (C=O) groups is 1. The molecule has 4 heteroatoms. The van der Waals surface area contributed by atoms with Gasteiger partial charge in [0.2, 0.25) is 5.91 Å². The molecular weight excluding hydrogens is 240 g/mol. The first-order valence-electron chi connectivity index (χ1n) is 6.79. The molecule has 0 aliphatic heterocycles. The standard InChI is InChI=1S/C15H22N2O2/c1-11(12-7-3-4-8-13(12)19-2)17-14(18)15(16)9-5-6-10-15/h3-4,7-8,11H,5-6,9-10,16H2,1-2H3,(H,17,18). The molecule has 2 rings (SSSR count). The van der Waals surface area contributed by atoms with E-state index in [4.69, 9.17) is 10.5 Å². The highest BCUT2D eigenvalue weighted by molar-refractivity contribution is 5.86. The van der Waals surface area contributed by atoms with Gasteiger partial charge in [0, 0.05) is 5.56 Å². The van der Waals surface area contributed by atoms with Crippen LogP contribution in [0.1, 0.15) is 44.2 Å². The van der Waals surface area contributed by atoms with Crippen molar-refractivity contribution >= 4 is 5.91 Å². The molecule has 1 saturated carbocycles. The van der Waals surface area contributed by atoms with E-state index in [2.05, 4.69) is 5.32 Å². The van der Waals surface area contributed by atoms with Gasteiger partial charge >= 0.3 is 0 Å². The SMILES string of the molecule is COc1ccccc1C(C)NC(=O)C1(N)CCCC1. The lowest BCUT2D eigenvalue weighted by Gasteiger charge is -2.25. The molecule has 1 aromatic rings. The Hall–Kier alpha value is -1.55. The first-order chi connectivity index (χ1) is 9.07. The Kier molecular flexibility index (Phi) is 4.10. The summed E-state index contributed by atoms with van der Waals surface area (Å²) >= 11 is 0. The number of para-hydroxylation sites is 1. The van der Waals surface area contributed by atoms with Crippen molar-refractivity contribution in [3.05, 3.63) is 29.8 Å². The van der Waals surface area contributed by atoms with Gasteiger partial charge in [-0.1, -0.05) is 31.0 Å². The molecule has 0 radical (unpaired) electrons. The average molecular weight is 262 g/mol. The number of methoxy groups -OCH3 is 1. The van der Waals surface area contributed by atoms with E-state index in [-0.39, 0.29) is 11.9 Å². The smallest absolute Gasteiger partial charge is 0.240 e. The maximum Gasteiger partial charge on any atom is 0.240 e. The summed E-state index contributed by atoms with van der Waals surface area (Å²) in [6, 6.07) is 7.60. The second-order valence-corrected chi connectivity index (χ2v) is 5.30. The van der Waals surface area contributed by atoms with E-state index in [0.29, 0.717) is 0 Å². The molecule has 1 atom stereocenters. The van der Waals surface area contributed by atoms with Crippen molar-refractivity contribution in [2.24, 2.45) is 5.73 Å². The number of nitrogens with one attached hydrogen (secondary N) is 1. The summed E-state index contributed by atoms with van der Waals surface area (Å²) in [7, 11) is 1.63. The van der Waals surface area contributed by atoms with Crippen LogP contribution >= 0.6 is 0 Å². The van der Waals surface area contributed by atoms with Gasteiger partial charge in [-0.2, -0.15) is 0 Å². The van der Waals surface area contributed by atoms with E-state index in [0.717, 1.165) is 37.0 Å². The summed E-state index contributed by atoms with van der Waals surface area (Å²) in [5.41, 5.74) is 6.44. The monoisotopic (exact) mass is 262 g/mol. The zero-order chi connectivity index (χ0) is 13.9. The molecule has 1 amide bonds. The summed E-state index contributed by atoms with van der Waals surface area (Å²) < 4.78 is 5.32.